The first-order valence-corrected chi connectivity index (χ1v) is 12.8. The van der Waals surface area contributed by atoms with E-state index >= 15 is 0 Å². The zero-order valence-electron chi connectivity index (χ0n) is 20.2. The van der Waals surface area contributed by atoms with Crippen molar-refractivity contribution in [1.29, 1.82) is 0 Å². The number of benzene rings is 3. The highest BCUT2D eigenvalue weighted by Crippen LogP contribution is 2.46. The van der Waals surface area contributed by atoms with E-state index in [2.05, 4.69) is 21.0 Å². The quantitative estimate of drug-likeness (QED) is 0.326. The second-order valence-electron chi connectivity index (χ2n) is 9.16. The number of rotatable bonds is 7. The lowest BCUT2D eigenvalue weighted by Gasteiger charge is -2.27. The van der Waals surface area contributed by atoms with Crippen LogP contribution in [0.3, 0.4) is 0 Å². The van der Waals surface area contributed by atoms with Crippen molar-refractivity contribution in [3.05, 3.63) is 111 Å². The molecule has 0 unspecified atom stereocenters. The van der Waals surface area contributed by atoms with Crippen molar-refractivity contribution >= 4 is 38.3 Å². The zero-order chi connectivity index (χ0) is 26.2. The van der Waals surface area contributed by atoms with Crippen molar-refractivity contribution in [2.75, 3.05) is 11.5 Å². The van der Waals surface area contributed by atoms with E-state index in [0.29, 0.717) is 28.7 Å². The summed E-state index contributed by atoms with van der Waals surface area (Å²) in [6.07, 6.45) is 5.66. The van der Waals surface area contributed by atoms with E-state index in [-0.39, 0.29) is 18.7 Å². The number of nitrogens with zero attached hydrogens (tertiary/aromatic N) is 3. The van der Waals surface area contributed by atoms with Crippen LogP contribution in [-0.4, -0.2) is 32.5 Å². The minimum atomic E-state index is -1.73. The maximum atomic E-state index is 13.7. The maximum Gasteiger partial charge on any atom is 0.279 e. The molecular weight excluding hydrogens is 534 g/mol. The number of carbonyl (C=O) groups is 1. The topological polar surface area (TPSA) is 95.7 Å². The molecule has 2 N–H and O–H groups in total. The van der Waals surface area contributed by atoms with Crippen LogP contribution in [0, 0.1) is 5.92 Å². The Morgan fingerprint density at radius 3 is 2.59 bits per heavy atom. The second-order valence-corrected chi connectivity index (χ2v) is 10.1. The molecule has 2 atom stereocenters. The van der Waals surface area contributed by atoms with Crippen molar-refractivity contribution in [1.82, 2.24) is 9.78 Å². The number of hydrogen-bond acceptors (Lipinski definition) is 5. The van der Waals surface area contributed by atoms with Gasteiger partial charge in [-0.25, -0.2) is 0 Å². The van der Waals surface area contributed by atoms with Gasteiger partial charge in [-0.3, -0.25) is 9.59 Å². The van der Waals surface area contributed by atoms with E-state index in [0.717, 1.165) is 15.4 Å². The minimum absolute atomic E-state index is 0.000693. The average molecular weight is 560 g/mol. The van der Waals surface area contributed by atoms with Gasteiger partial charge in [-0.15, -0.1) is 0 Å². The molecule has 0 spiro atoms. The number of aliphatic hydroxyl groups is 2. The number of aromatic nitrogens is 2. The highest BCUT2D eigenvalue weighted by Gasteiger charge is 2.52. The first-order valence-electron chi connectivity index (χ1n) is 12.0. The third kappa shape index (κ3) is 4.41. The molecule has 37 heavy (non-hydrogen) atoms. The highest BCUT2D eigenvalue weighted by molar-refractivity contribution is 9.10. The summed E-state index contributed by atoms with van der Waals surface area (Å²) in [6, 6.07) is 20.1. The van der Waals surface area contributed by atoms with Crippen LogP contribution in [0.15, 0.2) is 94.3 Å². The molecule has 0 saturated carbocycles. The molecule has 7 nitrogen and oxygen atoms in total. The molecule has 3 aromatic carbocycles. The summed E-state index contributed by atoms with van der Waals surface area (Å²) in [5, 5.41) is 26.5. The molecule has 2 heterocycles. The summed E-state index contributed by atoms with van der Waals surface area (Å²) >= 11 is 3.46. The van der Waals surface area contributed by atoms with Crippen LogP contribution < -0.4 is 10.5 Å². The summed E-state index contributed by atoms with van der Waals surface area (Å²) in [5.41, 5.74) is 0.718. The SMILES string of the molecule is C[C@@H](/C=C/CCO)[C@]1(O)C(=O)N(Cc2ccc(-n3ncc4ccccc4c3=O)cc2)c2ccc(Br)cc21. The lowest BCUT2D eigenvalue weighted by molar-refractivity contribution is -0.139. The number of carbonyl (C=O) groups excluding carboxylic acids is 1. The molecule has 1 aliphatic rings. The van der Waals surface area contributed by atoms with Crippen molar-refractivity contribution in [2.24, 2.45) is 5.92 Å². The third-order valence-electron chi connectivity index (χ3n) is 6.83. The van der Waals surface area contributed by atoms with Gasteiger partial charge in [-0.2, -0.15) is 9.78 Å². The molecule has 1 aromatic heterocycles. The predicted molar refractivity (Wildman–Crippen MR) is 147 cm³/mol. The lowest BCUT2D eigenvalue weighted by Crippen LogP contribution is -2.44. The lowest BCUT2D eigenvalue weighted by atomic mass is 9.83. The molecule has 8 heteroatoms. The Morgan fingerprint density at radius 1 is 1.08 bits per heavy atom. The number of aliphatic hydroxyl groups excluding tert-OH is 1. The van der Waals surface area contributed by atoms with Gasteiger partial charge in [0.15, 0.2) is 5.60 Å². The molecule has 0 aliphatic carbocycles. The minimum Gasteiger partial charge on any atom is -0.396 e. The van der Waals surface area contributed by atoms with Gasteiger partial charge in [0, 0.05) is 27.9 Å². The van der Waals surface area contributed by atoms with E-state index in [1.54, 1.807) is 54.4 Å². The van der Waals surface area contributed by atoms with Crippen LogP contribution in [0.2, 0.25) is 0 Å². The predicted octanol–water partition coefficient (Wildman–Crippen LogP) is 4.46. The van der Waals surface area contributed by atoms with Gasteiger partial charge in [0.1, 0.15) is 0 Å². The van der Waals surface area contributed by atoms with E-state index in [4.69, 9.17) is 5.11 Å². The molecule has 5 rings (SSSR count). The Bertz CT molecular complexity index is 1560. The third-order valence-corrected chi connectivity index (χ3v) is 7.32. The molecular formula is C29H26BrN3O4. The van der Waals surface area contributed by atoms with Gasteiger partial charge < -0.3 is 15.1 Å². The maximum absolute atomic E-state index is 13.7. The molecule has 4 aromatic rings. The Kier molecular flexibility index (Phi) is 6.81. The molecule has 1 amide bonds. The van der Waals surface area contributed by atoms with Crippen molar-refractivity contribution in [2.45, 2.75) is 25.5 Å². The standard InChI is InChI=1S/C29H26BrN3O4/c1-19(6-4-5-15-34)29(37)25-16-22(30)11-14-26(25)32(28(29)36)18-20-9-12-23(13-10-20)33-27(35)24-8-3-2-7-21(24)17-31-33/h2-4,6-14,16-17,19,34,37H,5,15,18H2,1H3/b6-4+/t19-,29+/m0/s1. The fourth-order valence-corrected chi connectivity index (χ4v) is 5.15. The second kappa shape index (κ2) is 10.0. The van der Waals surface area contributed by atoms with Crippen LogP contribution in [0.5, 0.6) is 0 Å². The van der Waals surface area contributed by atoms with Crippen LogP contribution in [0.4, 0.5) is 5.69 Å². The summed E-state index contributed by atoms with van der Waals surface area (Å²) in [5.74, 6) is -0.906. The number of halogens is 1. The van der Waals surface area contributed by atoms with E-state index in [1.165, 1.54) is 4.68 Å². The molecule has 0 bridgehead atoms. The fraction of sp³-hybridized carbons (Fsp3) is 0.207. The zero-order valence-corrected chi connectivity index (χ0v) is 21.8. The molecule has 1 aliphatic heterocycles. The largest absolute Gasteiger partial charge is 0.396 e. The first-order chi connectivity index (χ1) is 17.8. The number of anilines is 1. The van der Waals surface area contributed by atoms with E-state index < -0.39 is 17.4 Å². The van der Waals surface area contributed by atoms with Crippen molar-refractivity contribution < 1.29 is 15.0 Å². The first kappa shape index (κ1) is 25.1. The molecule has 188 valence electrons. The average Bonchev–Trinajstić information content (AvgIpc) is 3.12. The van der Waals surface area contributed by atoms with Gasteiger partial charge in [-0.05, 0) is 48.4 Å². The normalized spacial score (nSPS) is 18.1. The van der Waals surface area contributed by atoms with Gasteiger partial charge in [0.05, 0.1) is 29.5 Å². The summed E-state index contributed by atoms with van der Waals surface area (Å²) in [4.78, 5) is 28.2. The Hall–Kier alpha value is -3.59. The Labute approximate surface area is 222 Å². The molecule has 0 fully saturated rings. The van der Waals surface area contributed by atoms with Gasteiger partial charge in [0.2, 0.25) is 0 Å². The Balaban J connectivity index is 1.45. The summed E-state index contributed by atoms with van der Waals surface area (Å²) in [7, 11) is 0. The van der Waals surface area contributed by atoms with Crippen LogP contribution in [-0.2, 0) is 16.9 Å². The van der Waals surface area contributed by atoms with Crippen LogP contribution >= 0.6 is 15.9 Å². The monoisotopic (exact) mass is 559 g/mol. The van der Waals surface area contributed by atoms with Crippen LogP contribution in [0.1, 0.15) is 24.5 Å². The van der Waals surface area contributed by atoms with Crippen LogP contribution in [0.25, 0.3) is 16.5 Å². The van der Waals surface area contributed by atoms with E-state index in [9.17, 15) is 14.7 Å². The van der Waals surface area contributed by atoms with E-state index in [1.807, 2.05) is 42.5 Å². The smallest absolute Gasteiger partial charge is 0.279 e. The molecule has 0 saturated heterocycles. The van der Waals surface area contributed by atoms with Gasteiger partial charge >= 0.3 is 0 Å². The fourth-order valence-electron chi connectivity index (χ4n) is 4.79. The highest BCUT2D eigenvalue weighted by atomic mass is 79.9. The van der Waals surface area contributed by atoms with Crippen molar-refractivity contribution in [3.8, 4) is 5.69 Å². The summed E-state index contributed by atoms with van der Waals surface area (Å²) < 4.78 is 2.13. The number of amides is 1. The Morgan fingerprint density at radius 2 is 1.84 bits per heavy atom. The number of fused-ring (bicyclic) bond motifs is 2. The van der Waals surface area contributed by atoms with Gasteiger partial charge in [-0.1, -0.05) is 65.3 Å². The number of hydrogen-bond donors (Lipinski definition) is 2. The van der Waals surface area contributed by atoms with Gasteiger partial charge in [0.25, 0.3) is 11.5 Å². The summed E-state index contributed by atoms with van der Waals surface area (Å²) in [6.45, 7) is 2.05. The van der Waals surface area contributed by atoms with Crippen molar-refractivity contribution in [3.63, 3.8) is 0 Å². The molecule has 0 radical (unpaired) electrons.